The Bertz CT molecular complexity index is 1320. The summed E-state index contributed by atoms with van der Waals surface area (Å²) in [5, 5.41) is 2.89. The molecular weight excluding hydrogens is 478 g/mol. The molecule has 9 heteroatoms. The summed E-state index contributed by atoms with van der Waals surface area (Å²) in [5.74, 6) is 0.902. The number of hydrogen-bond acceptors (Lipinski definition) is 6. The quantitative estimate of drug-likeness (QED) is 0.497. The second-order valence-corrected chi connectivity index (χ2v) is 10.7. The number of sulfonamides is 1. The Morgan fingerprint density at radius 2 is 1.64 bits per heavy atom. The lowest BCUT2D eigenvalue weighted by atomic mass is 10.1. The lowest BCUT2D eigenvalue weighted by molar-refractivity contribution is 0.102. The maximum atomic E-state index is 13.0. The molecule has 0 atom stereocenters. The summed E-state index contributed by atoms with van der Waals surface area (Å²) in [6, 6.07) is 19.6. The number of rotatable bonds is 8. The zero-order valence-electron chi connectivity index (χ0n) is 20.7. The van der Waals surface area contributed by atoms with E-state index in [1.165, 1.54) is 0 Å². The molecule has 4 rings (SSSR count). The summed E-state index contributed by atoms with van der Waals surface area (Å²) in [4.78, 5) is 15.5. The van der Waals surface area contributed by atoms with Crippen LogP contribution in [0, 0.1) is 6.92 Å². The van der Waals surface area contributed by atoms with E-state index < -0.39 is 10.0 Å². The van der Waals surface area contributed by atoms with Gasteiger partial charge in [-0.1, -0.05) is 29.8 Å². The molecule has 0 spiro atoms. The van der Waals surface area contributed by atoms with E-state index in [0.29, 0.717) is 60.4 Å². The van der Waals surface area contributed by atoms with Crippen LogP contribution in [0.5, 0.6) is 11.5 Å². The first-order valence-corrected chi connectivity index (χ1v) is 13.2. The highest BCUT2D eigenvalue weighted by atomic mass is 32.2. The van der Waals surface area contributed by atoms with Gasteiger partial charge in [0.1, 0.15) is 11.5 Å². The minimum atomic E-state index is -3.50. The average molecular weight is 510 g/mol. The van der Waals surface area contributed by atoms with Gasteiger partial charge in [0.15, 0.2) is 0 Å². The van der Waals surface area contributed by atoms with Crippen molar-refractivity contribution in [2.75, 3.05) is 45.7 Å². The molecule has 1 fully saturated rings. The number of hydrogen-bond donors (Lipinski definition) is 1. The lowest BCUT2D eigenvalue weighted by Crippen LogP contribution is -2.48. The molecule has 0 saturated carbocycles. The Morgan fingerprint density at radius 3 is 2.31 bits per heavy atom. The fraction of sp³-hybridized carbons (Fsp3) is 0.296. The molecule has 190 valence electrons. The molecular formula is C27H31N3O5S. The van der Waals surface area contributed by atoms with E-state index in [2.05, 4.69) is 10.2 Å². The van der Waals surface area contributed by atoms with Crippen molar-refractivity contribution < 1.29 is 22.7 Å². The van der Waals surface area contributed by atoms with Crippen LogP contribution < -0.4 is 14.8 Å². The zero-order valence-corrected chi connectivity index (χ0v) is 21.5. The average Bonchev–Trinajstić information content (AvgIpc) is 2.89. The monoisotopic (exact) mass is 509 g/mol. The second-order valence-electron chi connectivity index (χ2n) is 8.71. The smallest absolute Gasteiger partial charge is 0.255 e. The maximum absolute atomic E-state index is 13.0. The highest BCUT2D eigenvalue weighted by molar-refractivity contribution is 7.89. The van der Waals surface area contributed by atoms with Gasteiger partial charge in [-0.25, -0.2) is 8.42 Å². The first-order chi connectivity index (χ1) is 17.3. The van der Waals surface area contributed by atoms with Crippen LogP contribution >= 0.6 is 0 Å². The predicted molar refractivity (Wildman–Crippen MR) is 139 cm³/mol. The van der Waals surface area contributed by atoms with Crippen molar-refractivity contribution in [2.24, 2.45) is 0 Å². The molecule has 0 bridgehead atoms. The van der Waals surface area contributed by atoms with Crippen LogP contribution in [0.1, 0.15) is 21.5 Å². The summed E-state index contributed by atoms with van der Waals surface area (Å²) in [7, 11) is -0.389. The normalized spacial score (nSPS) is 14.9. The van der Waals surface area contributed by atoms with Gasteiger partial charge in [0, 0.05) is 44.4 Å². The van der Waals surface area contributed by atoms with Gasteiger partial charge < -0.3 is 14.8 Å². The number of nitrogens with one attached hydrogen (secondary N) is 1. The van der Waals surface area contributed by atoms with E-state index in [1.54, 1.807) is 54.9 Å². The van der Waals surface area contributed by atoms with Gasteiger partial charge in [0.25, 0.3) is 5.91 Å². The summed E-state index contributed by atoms with van der Waals surface area (Å²) < 4.78 is 38.1. The third-order valence-corrected chi connectivity index (χ3v) is 8.15. The van der Waals surface area contributed by atoms with Gasteiger partial charge in [-0.05, 0) is 48.9 Å². The van der Waals surface area contributed by atoms with Crippen LogP contribution in [0.4, 0.5) is 5.69 Å². The summed E-state index contributed by atoms with van der Waals surface area (Å²) in [5.41, 5.74) is 3.06. The number of amides is 1. The van der Waals surface area contributed by atoms with Crippen LogP contribution in [0.2, 0.25) is 0 Å². The predicted octanol–water partition coefficient (Wildman–Crippen LogP) is 3.77. The van der Waals surface area contributed by atoms with Crippen LogP contribution in [0.15, 0.2) is 71.6 Å². The van der Waals surface area contributed by atoms with E-state index in [-0.39, 0.29) is 5.91 Å². The molecule has 1 amide bonds. The molecule has 0 radical (unpaired) electrons. The van der Waals surface area contributed by atoms with Crippen molar-refractivity contribution in [3.63, 3.8) is 0 Å². The first-order valence-electron chi connectivity index (χ1n) is 11.7. The third kappa shape index (κ3) is 5.87. The molecule has 8 nitrogen and oxygen atoms in total. The number of benzene rings is 3. The topological polar surface area (TPSA) is 88.2 Å². The van der Waals surface area contributed by atoms with Crippen molar-refractivity contribution >= 4 is 21.6 Å². The van der Waals surface area contributed by atoms with E-state index in [4.69, 9.17) is 9.47 Å². The van der Waals surface area contributed by atoms with Crippen LogP contribution in [-0.2, 0) is 16.6 Å². The minimum Gasteiger partial charge on any atom is -0.497 e. The van der Waals surface area contributed by atoms with Gasteiger partial charge in [0.05, 0.1) is 24.8 Å². The van der Waals surface area contributed by atoms with Crippen LogP contribution in [0.3, 0.4) is 0 Å². The van der Waals surface area contributed by atoms with Gasteiger partial charge >= 0.3 is 0 Å². The highest BCUT2D eigenvalue weighted by Gasteiger charge is 2.28. The molecule has 0 aliphatic carbocycles. The highest BCUT2D eigenvalue weighted by Crippen LogP contribution is 2.29. The Hall–Kier alpha value is -3.40. The summed E-state index contributed by atoms with van der Waals surface area (Å²) >= 11 is 0. The molecule has 1 aliphatic heterocycles. The second kappa shape index (κ2) is 11.1. The number of anilines is 1. The van der Waals surface area contributed by atoms with E-state index in [0.717, 1.165) is 11.1 Å². The standard InChI is InChI=1S/C27H31N3O5S/c1-20-7-10-24(11-8-20)36(32,33)30-15-13-29(14-16-30)19-21-5-4-6-22(17-21)27(31)28-25-18-23(34-2)9-12-26(25)35-3/h4-12,17-18H,13-16,19H2,1-3H3,(H,28,31). The molecule has 36 heavy (non-hydrogen) atoms. The van der Waals surface area contributed by atoms with Gasteiger partial charge in [-0.15, -0.1) is 0 Å². The lowest BCUT2D eigenvalue weighted by Gasteiger charge is -2.34. The molecule has 1 saturated heterocycles. The van der Waals surface area contributed by atoms with Gasteiger partial charge in [0.2, 0.25) is 10.0 Å². The van der Waals surface area contributed by atoms with Crippen molar-refractivity contribution in [1.82, 2.24) is 9.21 Å². The Morgan fingerprint density at radius 1 is 0.917 bits per heavy atom. The number of ether oxygens (including phenoxy) is 2. The number of carbonyl (C=O) groups excluding carboxylic acids is 1. The Balaban J connectivity index is 1.38. The maximum Gasteiger partial charge on any atom is 0.255 e. The van der Waals surface area contributed by atoms with Crippen molar-refractivity contribution in [3.05, 3.63) is 83.4 Å². The van der Waals surface area contributed by atoms with E-state index >= 15 is 0 Å². The number of carbonyl (C=O) groups is 1. The molecule has 1 N–H and O–H groups in total. The fourth-order valence-corrected chi connectivity index (χ4v) is 5.58. The van der Waals surface area contributed by atoms with Gasteiger partial charge in [-0.2, -0.15) is 4.31 Å². The minimum absolute atomic E-state index is 0.252. The Labute approximate surface area is 212 Å². The molecule has 0 aromatic heterocycles. The SMILES string of the molecule is COc1ccc(OC)c(NC(=O)c2cccc(CN3CCN(S(=O)(=O)c4ccc(C)cc4)CC3)c2)c1. The summed E-state index contributed by atoms with van der Waals surface area (Å²) in [6.07, 6.45) is 0. The molecule has 1 heterocycles. The third-order valence-electron chi connectivity index (χ3n) is 6.24. The number of nitrogens with zero attached hydrogens (tertiary/aromatic N) is 2. The number of methoxy groups -OCH3 is 2. The van der Waals surface area contributed by atoms with Crippen LogP contribution in [-0.4, -0.2) is 63.9 Å². The van der Waals surface area contributed by atoms with E-state index in [9.17, 15) is 13.2 Å². The zero-order chi connectivity index (χ0) is 25.7. The molecule has 0 unspecified atom stereocenters. The summed E-state index contributed by atoms with van der Waals surface area (Å²) in [6.45, 7) is 4.63. The van der Waals surface area contributed by atoms with Crippen molar-refractivity contribution in [3.8, 4) is 11.5 Å². The van der Waals surface area contributed by atoms with Crippen molar-refractivity contribution in [2.45, 2.75) is 18.4 Å². The Kier molecular flexibility index (Phi) is 7.93. The van der Waals surface area contributed by atoms with Crippen LogP contribution in [0.25, 0.3) is 0 Å². The number of piperazine rings is 1. The van der Waals surface area contributed by atoms with Crippen molar-refractivity contribution in [1.29, 1.82) is 0 Å². The number of aryl methyl sites for hydroxylation is 1. The molecule has 3 aromatic rings. The molecule has 3 aromatic carbocycles. The molecule has 1 aliphatic rings. The largest absolute Gasteiger partial charge is 0.497 e. The fourth-order valence-electron chi connectivity index (χ4n) is 4.16. The first kappa shape index (κ1) is 25.7. The van der Waals surface area contributed by atoms with E-state index in [1.807, 2.05) is 37.3 Å². The van der Waals surface area contributed by atoms with Gasteiger partial charge in [-0.3, -0.25) is 9.69 Å².